The lowest BCUT2D eigenvalue weighted by Gasteiger charge is -2.26. The molecule has 0 aliphatic heterocycles. The lowest BCUT2D eigenvalue weighted by Crippen LogP contribution is -2.55. The smallest absolute Gasteiger partial charge is 0.408 e. The Morgan fingerprint density at radius 1 is 1.10 bits per heavy atom. The molecule has 0 saturated heterocycles. The fourth-order valence-electron chi connectivity index (χ4n) is 3.09. The van der Waals surface area contributed by atoms with Gasteiger partial charge in [0.1, 0.15) is 17.7 Å². The van der Waals surface area contributed by atoms with E-state index in [0.717, 1.165) is 16.5 Å². The number of esters is 1. The molecule has 0 fully saturated rings. The third-order valence-corrected chi connectivity index (χ3v) is 4.52. The largest absolute Gasteiger partial charge is 0.467 e. The van der Waals surface area contributed by atoms with E-state index in [4.69, 9.17) is 9.47 Å². The summed E-state index contributed by atoms with van der Waals surface area (Å²) in [6.45, 7) is 8.82. The van der Waals surface area contributed by atoms with Crippen molar-refractivity contribution in [2.75, 3.05) is 7.11 Å². The number of hydrogen-bond acceptors (Lipinski definition) is 5. The summed E-state index contributed by atoms with van der Waals surface area (Å²) in [5.41, 5.74) is 1.13. The SMILES string of the molecule is COC(=O)[C@@H](Cc1c[nH]c2ccccc12)NC(=O)[C@@H](NC(=O)OC(C)(C)C)C(C)C. The average molecular weight is 418 g/mol. The van der Waals surface area contributed by atoms with Crippen LogP contribution in [0, 0.1) is 5.92 Å². The standard InChI is InChI=1S/C22H31N3O5/c1-13(2)18(25-21(28)30-22(3,4)5)19(26)24-17(20(27)29-6)11-14-12-23-16-10-8-7-9-15(14)16/h7-10,12-13,17-18,23H,11H2,1-6H3,(H,24,26)(H,25,28)/t17-,18+/m1/s1. The number of amides is 2. The van der Waals surface area contributed by atoms with Gasteiger partial charge >= 0.3 is 12.1 Å². The molecule has 0 aliphatic carbocycles. The van der Waals surface area contributed by atoms with Crippen molar-refractivity contribution < 1.29 is 23.9 Å². The van der Waals surface area contributed by atoms with Crippen molar-refractivity contribution in [1.82, 2.24) is 15.6 Å². The van der Waals surface area contributed by atoms with Crippen molar-refractivity contribution in [2.24, 2.45) is 5.92 Å². The average Bonchev–Trinajstić information content (AvgIpc) is 3.06. The Bertz CT molecular complexity index is 898. The highest BCUT2D eigenvalue weighted by Crippen LogP contribution is 2.19. The molecule has 8 nitrogen and oxygen atoms in total. The monoisotopic (exact) mass is 417 g/mol. The highest BCUT2D eigenvalue weighted by Gasteiger charge is 2.31. The topological polar surface area (TPSA) is 110 Å². The van der Waals surface area contributed by atoms with Crippen LogP contribution in [0.4, 0.5) is 4.79 Å². The second kappa shape index (κ2) is 9.65. The molecule has 1 aromatic heterocycles. The Morgan fingerprint density at radius 2 is 1.77 bits per heavy atom. The maximum absolute atomic E-state index is 12.9. The summed E-state index contributed by atoms with van der Waals surface area (Å²) in [6, 6.07) is 5.93. The highest BCUT2D eigenvalue weighted by molar-refractivity contribution is 5.91. The van der Waals surface area contributed by atoms with Gasteiger partial charge in [-0.2, -0.15) is 0 Å². The summed E-state index contributed by atoms with van der Waals surface area (Å²) >= 11 is 0. The number of alkyl carbamates (subject to hydrolysis) is 1. The van der Waals surface area contributed by atoms with Crippen LogP contribution >= 0.6 is 0 Å². The van der Waals surface area contributed by atoms with E-state index in [1.54, 1.807) is 34.6 Å². The van der Waals surface area contributed by atoms with Crippen molar-refractivity contribution in [2.45, 2.75) is 58.7 Å². The van der Waals surface area contributed by atoms with Crippen molar-refractivity contribution in [3.05, 3.63) is 36.0 Å². The molecule has 0 aliphatic rings. The minimum atomic E-state index is -0.900. The first-order valence-electron chi connectivity index (χ1n) is 9.94. The molecule has 8 heteroatoms. The van der Waals surface area contributed by atoms with Crippen LogP contribution in [0.5, 0.6) is 0 Å². The Morgan fingerprint density at radius 3 is 2.37 bits per heavy atom. The third kappa shape index (κ3) is 6.23. The van der Waals surface area contributed by atoms with Crippen LogP contribution < -0.4 is 10.6 Å². The number of benzene rings is 1. The molecule has 2 amide bonds. The molecule has 0 saturated carbocycles. The Hall–Kier alpha value is -3.03. The number of aromatic amines is 1. The first kappa shape index (κ1) is 23.3. The number of carbonyl (C=O) groups is 3. The zero-order valence-electron chi connectivity index (χ0n) is 18.4. The zero-order valence-corrected chi connectivity index (χ0v) is 18.4. The number of aromatic nitrogens is 1. The number of carbonyl (C=O) groups excluding carboxylic acids is 3. The van der Waals surface area contributed by atoms with Gasteiger partial charge in [0.05, 0.1) is 7.11 Å². The minimum absolute atomic E-state index is 0.219. The van der Waals surface area contributed by atoms with E-state index in [2.05, 4.69) is 15.6 Å². The second-order valence-corrected chi connectivity index (χ2v) is 8.52. The predicted octanol–water partition coefficient (Wildman–Crippen LogP) is 2.92. The number of methoxy groups -OCH3 is 1. The summed E-state index contributed by atoms with van der Waals surface area (Å²) < 4.78 is 10.1. The van der Waals surface area contributed by atoms with Gasteiger partial charge in [-0.25, -0.2) is 9.59 Å². The maximum atomic E-state index is 12.9. The molecule has 2 atom stereocenters. The number of H-pyrrole nitrogens is 1. The quantitative estimate of drug-likeness (QED) is 0.600. The van der Waals surface area contributed by atoms with Crippen LogP contribution in [0.25, 0.3) is 10.9 Å². The summed E-state index contributed by atoms with van der Waals surface area (Å²) in [5.74, 6) is -1.26. The molecular formula is C22H31N3O5. The van der Waals surface area contributed by atoms with Gasteiger partial charge in [-0.1, -0.05) is 32.0 Å². The van der Waals surface area contributed by atoms with E-state index in [1.165, 1.54) is 7.11 Å². The van der Waals surface area contributed by atoms with Gasteiger partial charge in [0.2, 0.25) is 5.91 Å². The Balaban J connectivity index is 2.16. The molecule has 30 heavy (non-hydrogen) atoms. The van der Waals surface area contributed by atoms with Crippen molar-refractivity contribution >= 4 is 28.9 Å². The van der Waals surface area contributed by atoms with Crippen LogP contribution in [-0.4, -0.2) is 47.7 Å². The van der Waals surface area contributed by atoms with Crippen molar-refractivity contribution in [3.8, 4) is 0 Å². The summed E-state index contributed by atoms with van der Waals surface area (Å²) in [6.07, 6.45) is 1.37. The van der Waals surface area contributed by atoms with Crippen LogP contribution in [0.1, 0.15) is 40.2 Å². The van der Waals surface area contributed by atoms with Crippen LogP contribution in [-0.2, 0) is 25.5 Å². The molecule has 0 bridgehead atoms. The van der Waals surface area contributed by atoms with E-state index >= 15 is 0 Å². The number of para-hydroxylation sites is 1. The number of nitrogens with one attached hydrogen (secondary N) is 3. The van der Waals surface area contributed by atoms with Crippen LogP contribution in [0.3, 0.4) is 0 Å². The first-order chi connectivity index (χ1) is 14.0. The maximum Gasteiger partial charge on any atom is 0.408 e. The van der Waals surface area contributed by atoms with Gasteiger partial charge in [-0.3, -0.25) is 4.79 Å². The minimum Gasteiger partial charge on any atom is -0.467 e. The lowest BCUT2D eigenvalue weighted by atomic mass is 10.0. The molecule has 164 valence electrons. The number of rotatable bonds is 7. The molecule has 2 rings (SSSR count). The second-order valence-electron chi connectivity index (χ2n) is 8.52. The Labute approximate surface area is 176 Å². The van der Waals surface area contributed by atoms with E-state index in [9.17, 15) is 14.4 Å². The number of hydrogen-bond donors (Lipinski definition) is 3. The summed E-state index contributed by atoms with van der Waals surface area (Å²) in [7, 11) is 1.27. The van der Waals surface area contributed by atoms with E-state index in [-0.39, 0.29) is 12.3 Å². The highest BCUT2D eigenvalue weighted by atomic mass is 16.6. The normalized spacial score (nSPS) is 13.6. The van der Waals surface area contributed by atoms with Crippen LogP contribution in [0.15, 0.2) is 30.5 Å². The van der Waals surface area contributed by atoms with E-state index in [1.807, 2.05) is 30.5 Å². The molecule has 0 spiro atoms. The summed E-state index contributed by atoms with van der Waals surface area (Å²) in [5, 5.41) is 6.28. The lowest BCUT2D eigenvalue weighted by molar-refractivity contribution is -0.145. The van der Waals surface area contributed by atoms with Gasteiger partial charge in [0, 0.05) is 23.5 Å². The zero-order chi connectivity index (χ0) is 22.5. The van der Waals surface area contributed by atoms with E-state index < -0.39 is 35.7 Å². The van der Waals surface area contributed by atoms with Gasteiger partial charge < -0.3 is 25.1 Å². The molecular weight excluding hydrogens is 386 g/mol. The third-order valence-electron chi connectivity index (χ3n) is 4.52. The molecule has 1 aromatic carbocycles. The molecule has 2 aromatic rings. The summed E-state index contributed by atoms with van der Waals surface area (Å²) in [4.78, 5) is 40.6. The van der Waals surface area contributed by atoms with Crippen molar-refractivity contribution in [3.63, 3.8) is 0 Å². The molecule has 1 heterocycles. The fourth-order valence-corrected chi connectivity index (χ4v) is 3.09. The molecule has 0 unspecified atom stereocenters. The van der Waals surface area contributed by atoms with Gasteiger partial charge in [-0.05, 0) is 38.3 Å². The number of fused-ring (bicyclic) bond motifs is 1. The molecule has 0 radical (unpaired) electrons. The Kier molecular flexibility index (Phi) is 7.48. The van der Waals surface area contributed by atoms with Crippen LogP contribution in [0.2, 0.25) is 0 Å². The van der Waals surface area contributed by atoms with Gasteiger partial charge in [0.25, 0.3) is 0 Å². The molecule has 3 N–H and O–H groups in total. The first-order valence-corrected chi connectivity index (χ1v) is 9.94. The predicted molar refractivity (Wildman–Crippen MR) is 114 cm³/mol. The van der Waals surface area contributed by atoms with Gasteiger partial charge in [0.15, 0.2) is 0 Å². The van der Waals surface area contributed by atoms with Crippen molar-refractivity contribution in [1.29, 1.82) is 0 Å². The number of ether oxygens (including phenoxy) is 2. The van der Waals surface area contributed by atoms with Gasteiger partial charge in [-0.15, -0.1) is 0 Å². The fraction of sp³-hybridized carbons (Fsp3) is 0.500. The van der Waals surface area contributed by atoms with E-state index in [0.29, 0.717) is 0 Å².